The number of rotatable bonds is 2. The lowest BCUT2D eigenvalue weighted by Gasteiger charge is -2.35. The topological polar surface area (TPSA) is 73.9 Å². The second-order valence-corrected chi connectivity index (χ2v) is 5.90. The molecule has 22 heavy (non-hydrogen) atoms. The van der Waals surface area contributed by atoms with Crippen LogP contribution in [0.3, 0.4) is 0 Å². The van der Waals surface area contributed by atoms with Gasteiger partial charge >= 0.3 is 6.03 Å². The number of pyridine rings is 1. The Morgan fingerprint density at radius 2 is 2.23 bits per heavy atom. The molecule has 2 aromatic rings. The van der Waals surface area contributed by atoms with Crippen LogP contribution in [0.15, 0.2) is 24.5 Å². The zero-order valence-corrected chi connectivity index (χ0v) is 13.2. The Hall–Kier alpha value is -1.79. The molecule has 116 valence electrons. The van der Waals surface area contributed by atoms with E-state index < -0.39 is 0 Å². The second-order valence-electron chi connectivity index (χ2n) is 5.14. The van der Waals surface area contributed by atoms with Crippen molar-refractivity contribution in [3.63, 3.8) is 0 Å². The number of aromatic nitrogens is 3. The van der Waals surface area contributed by atoms with Crippen molar-refractivity contribution in [2.75, 3.05) is 11.9 Å². The molecule has 3 rings (SSSR count). The van der Waals surface area contributed by atoms with Crippen molar-refractivity contribution in [2.45, 2.75) is 25.3 Å². The molecule has 2 N–H and O–H groups in total. The molecule has 1 saturated heterocycles. The minimum absolute atomic E-state index is 0.0234. The molecular weight excluding hydrogens is 325 g/mol. The van der Waals surface area contributed by atoms with Crippen molar-refractivity contribution in [3.05, 3.63) is 40.3 Å². The molecule has 2 aromatic heterocycles. The monoisotopic (exact) mass is 339 g/mol. The zero-order chi connectivity index (χ0) is 15.5. The van der Waals surface area contributed by atoms with E-state index in [4.69, 9.17) is 23.2 Å². The predicted molar refractivity (Wildman–Crippen MR) is 85.2 cm³/mol. The van der Waals surface area contributed by atoms with Crippen molar-refractivity contribution in [2.24, 2.45) is 0 Å². The average molecular weight is 340 g/mol. The van der Waals surface area contributed by atoms with Gasteiger partial charge in [-0.1, -0.05) is 23.2 Å². The molecule has 1 fully saturated rings. The predicted octanol–water partition coefficient (Wildman–Crippen LogP) is 3.87. The number of carbonyl (C=O) groups is 1. The zero-order valence-electron chi connectivity index (χ0n) is 11.7. The van der Waals surface area contributed by atoms with Gasteiger partial charge in [0.2, 0.25) is 0 Å². The Bertz CT molecular complexity index is 661. The highest BCUT2D eigenvalue weighted by molar-refractivity contribution is 6.41. The molecule has 0 saturated carbocycles. The first-order valence-corrected chi connectivity index (χ1v) is 7.79. The summed E-state index contributed by atoms with van der Waals surface area (Å²) in [5.74, 6) is 0.385. The lowest BCUT2D eigenvalue weighted by atomic mass is 9.98. The number of anilines is 1. The van der Waals surface area contributed by atoms with Gasteiger partial charge in [0, 0.05) is 18.3 Å². The number of H-pyrrole nitrogens is 1. The normalized spacial score (nSPS) is 18.3. The van der Waals surface area contributed by atoms with Gasteiger partial charge in [-0.2, -0.15) is 5.10 Å². The number of nitrogens with zero attached hydrogens (tertiary/aromatic N) is 3. The van der Waals surface area contributed by atoms with Gasteiger partial charge in [0.25, 0.3) is 0 Å². The molecule has 0 spiro atoms. The minimum atomic E-state index is -0.197. The van der Waals surface area contributed by atoms with Crippen molar-refractivity contribution in [3.8, 4) is 0 Å². The van der Waals surface area contributed by atoms with E-state index in [0.29, 0.717) is 17.4 Å². The average Bonchev–Trinajstić information content (AvgIpc) is 3.05. The van der Waals surface area contributed by atoms with Crippen LogP contribution >= 0.6 is 23.2 Å². The quantitative estimate of drug-likeness (QED) is 0.815. The molecule has 6 nitrogen and oxygen atoms in total. The minimum Gasteiger partial charge on any atom is -0.317 e. The maximum atomic E-state index is 12.5. The first-order valence-electron chi connectivity index (χ1n) is 7.03. The van der Waals surface area contributed by atoms with Crippen molar-refractivity contribution in [1.82, 2.24) is 20.1 Å². The first-order chi connectivity index (χ1) is 10.6. The standard InChI is InChI=1S/C14H15Cl2N5O/c15-10-4-5-12(19-13(10)16)20-14(22)21-6-2-1-3-11(21)9-7-17-18-8-9/h4-5,7-8,11H,1-3,6H2,(H,17,18)(H,19,20,22). The van der Waals surface area contributed by atoms with Crippen molar-refractivity contribution < 1.29 is 4.79 Å². The number of piperidine rings is 1. The lowest BCUT2D eigenvalue weighted by molar-refractivity contribution is 0.163. The third kappa shape index (κ3) is 3.18. The van der Waals surface area contributed by atoms with Crippen LogP contribution in [0.2, 0.25) is 10.2 Å². The maximum absolute atomic E-state index is 12.5. The fourth-order valence-corrected chi connectivity index (χ4v) is 2.89. The van der Waals surface area contributed by atoms with Gasteiger partial charge in [-0.15, -0.1) is 0 Å². The Labute approximate surface area is 137 Å². The molecule has 0 radical (unpaired) electrons. The number of likely N-dealkylation sites (tertiary alicyclic amines) is 1. The number of nitrogens with one attached hydrogen (secondary N) is 2. The number of amides is 2. The van der Waals surface area contributed by atoms with Crippen LogP contribution in [0.4, 0.5) is 10.6 Å². The van der Waals surface area contributed by atoms with Gasteiger partial charge < -0.3 is 4.90 Å². The molecule has 1 aliphatic heterocycles. The van der Waals surface area contributed by atoms with Gasteiger partial charge in [-0.3, -0.25) is 10.4 Å². The molecule has 0 aromatic carbocycles. The van der Waals surface area contributed by atoms with Crippen LogP contribution in [0.1, 0.15) is 30.9 Å². The number of urea groups is 1. The summed E-state index contributed by atoms with van der Waals surface area (Å²) in [6.07, 6.45) is 6.57. The van der Waals surface area contributed by atoms with E-state index in [-0.39, 0.29) is 17.2 Å². The highest BCUT2D eigenvalue weighted by Crippen LogP contribution is 2.31. The fourth-order valence-electron chi connectivity index (χ4n) is 2.63. The molecule has 1 atom stereocenters. The molecular formula is C14H15Cl2N5O. The summed E-state index contributed by atoms with van der Waals surface area (Å²) in [5.41, 5.74) is 1.01. The Balaban J connectivity index is 1.75. The van der Waals surface area contributed by atoms with E-state index in [1.165, 1.54) is 0 Å². The van der Waals surface area contributed by atoms with Crippen LogP contribution in [-0.2, 0) is 0 Å². The van der Waals surface area contributed by atoms with E-state index >= 15 is 0 Å². The smallest absolute Gasteiger partial charge is 0.317 e. The third-order valence-electron chi connectivity index (χ3n) is 3.71. The maximum Gasteiger partial charge on any atom is 0.323 e. The highest BCUT2D eigenvalue weighted by Gasteiger charge is 2.28. The molecule has 1 unspecified atom stereocenters. The molecule has 0 aliphatic carbocycles. The summed E-state index contributed by atoms with van der Waals surface area (Å²) in [7, 11) is 0. The lowest BCUT2D eigenvalue weighted by Crippen LogP contribution is -2.41. The Morgan fingerprint density at radius 1 is 1.36 bits per heavy atom. The van der Waals surface area contributed by atoms with E-state index in [1.807, 2.05) is 6.20 Å². The first kappa shape index (κ1) is 15.1. The molecule has 0 bridgehead atoms. The highest BCUT2D eigenvalue weighted by atomic mass is 35.5. The van der Waals surface area contributed by atoms with Gasteiger partial charge in [0.1, 0.15) is 11.0 Å². The number of halogens is 2. The van der Waals surface area contributed by atoms with Crippen molar-refractivity contribution in [1.29, 1.82) is 0 Å². The Kier molecular flexibility index (Phi) is 4.49. The molecule has 2 amide bonds. The number of hydrogen-bond acceptors (Lipinski definition) is 3. The van der Waals surface area contributed by atoms with Gasteiger partial charge in [0.05, 0.1) is 17.3 Å². The summed E-state index contributed by atoms with van der Waals surface area (Å²) < 4.78 is 0. The summed E-state index contributed by atoms with van der Waals surface area (Å²) in [6.45, 7) is 0.697. The number of carbonyl (C=O) groups excluding carboxylic acids is 1. The van der Waals surface area contributed by atoms with Gasteiger partial charge in [-0.25, -0.2) is 9.78 Å². The van der Waals surface area contributed by atoms with E-state index in [9.17, 15) is 4.79 Å². The van der Waals surface area contributed by atoms with E-state index in [0.717, 1.165) is 24.8 Å². The summed E-state index contributed by atoms with van der Waals surface area (Å²) >= 11 is 11.7. The number of aromatic amines is 1. The van der Waals surface area contributed by atoms with Crippen LogP contribution < -0.4 is 5.32 Å². The van der Waals surface area contributed by atoms with Crippen molar-refractivity contribution >= 4 is 35.1 Å². The SMILES string of the molecule is O=C(Nc1ccc(Cl)c(Cl)n1)N1CCCCC1c1cn[nH]c1. The van der Waals surface area contributed by atoms with Gasteiger partial charge in [-0.05, 0) is 31.4 Å². The van der Waals surface area contributed by atoms with Crippen LogP contribution in [0.25, 0.3) is 0 Å². The Morgan fingerprint density at radius 3 is 2.95 bits per heavy atom. The van der Waals surface area contributed by atoms with E-state index in [2.05, 4.69) is 20.5 Å². The van der Waals surface area contributed by atoms with Crippen LogP contribution in [-0.4, -0.2) is 32.7 Å². The molecule has 1 aliphatic rings. The van der Waals surface area contributed by atoms with E-state index in [1.54, 1.807) is 23.2 Å². The summed E-state index contributed by atoms with van der Waals surface area (Å²) in [4.78, 5) is 18.4. The van der Waals surface area contributed by atoms with Crippen LogP contribution in [0.5, 0.6) is 0 Å². The summed E-state index contributed by atoms with van der Waals surface area (Å²) in [6, 6.07) is 3.06. The largest absolute Gasteiger partial charge is 0.323 e. The molecule has 3 heterocycles. The van der Waals surface area contributed by atoms with Crippen LogP contribution in [0, 0.1) is 0 Å². The van der Waals surface area contributed by atoms with Gasteiger partial charge in [0.15, 0.2) is 0 Å². The molecule has 8 heteroatoms. The fraction of sp³-hybridized carbons (Fsp3) is 0.357. The summed E-state index contributed by atoms with van der Waals surface area (Å²) in [5, 5.41) is 10.1. The third-order valence-corrected chi connectivity index (χ3v) is 4.40. The second kappa shape index (κ2) is 6.54. The number of hydrogen-bond donors (Lipinski definition) is 2.